The number of hydrogen-bond donors (Lipinski definition) is 4. The van der Waals surface area contributed by atoms with E-state index in [0.717, 1.165) is 58.6 Å². The fourth-order valence-electron chi connectivity index (χ4n) is 8.77. The van der Waals surface area contributed by atoms with E-state index >= 15 is 0 Å². The van der Waals surface area contributed by atoms with Crippen LogP contribution in [0.25, 0.3) is 21.8 Å². The third-order valence-electron chi connectivity index (χ3n) is 12.7. The SMILES string of the molecule is C[C@@H](C(=O)Nc1ccc(Cl)cc1)C1(O)CCC(c2ccnc3ccc(F)cc23)CC1.C[C@H](C(=O)Nc1ccc(Cl)cc1)C1(O)CCC(c2ccnc3ccc(F)cc23)CC1. The van der Waals surface area contributed by atoms with Crippen molar-refractivity contribution in [3.05, 3.63) is 142 Å². The second kappa shape index (κ2) is 18.3. The molecule has 2 aromatic heterocycles. The largest absolute Gasteiger partial charge is 0.389 e. The second-order valence-corrected chi connectivity index (χ2v) is 17.2. The lowest BCUT2D eigenvalue weighted by Gasteiger charge is -2.40. The number of fused-ring (bicyclic) bond motifs is 2. The van der Waals surface area contributed by atoms with Crippen LogP contribution in [-0.2, 0) is 9.59 Å². The molecule has 0 radical (unpaired) electrons. The molecule has 0 aliphatic heterocycles. The van der Waals surface area contributed by atoms with Crippen molar-refractivity contribution >= 4 is 68.2 Å². The van der Waals surface area contributed by atoms with E-state index in [-0.39, 0.29) is 35.3 Å². The maximum Gasteiger partial charge on any atom is 0.230 e. The molecule has 12 heteroatoms. The van der Waals surface area contributed by atoms with Crippen molar-refractivity contribution in [3.63, 3.8) is 0 Å². The Labute approximate surface area is 358 Å². The van der Waals surface area contributed by atoms with Crippen molar-refractivity contribution < 1.29 is 28.6 Å². The summed E-state index contributed by atoms with van der Waals surface area (Å²) in [6.45, 7) is 3.53. The molecule has 8 rings (SSSR count). The van der Waals surface area contributed by atoms with E-state index in [2.05, 4.69) is 20.6 Å². The van der Waals surface area contributed by atoms with E-state index in [9.17, 15) is 28.6 Å². The van der Waals surface area contributed by atoms with E-state index in [4.69, 9.17) is 23.2 Å². The first-order valence-electron chi connectivity index (χ1n) is 20.4. The van der Waals surface area contributed by atoms with Crippen LogP contribution in [0.15, 0.2) is 109 Å². The molecule has 2 fully saturated rings. The van der Waals surface area contributed by atoms with Crippen LogP contribution in [0.1, 0.15) is 88.2 Å². The summed E-state index contributed by atoms with van der Waals surface area (Å²) < 4.78 is 27.6. The highest BCUT2D eigenvalue weighted by molar-refractivity contribution is 6.31. The van der Waals surface area contributed by atoms with Crippen molar-refractivity contribution in [1.82, 2.24) is 9.97 Å². The molecule has 4 N–H and O–H groups in total. The highest BCUT2D eigenvalue weighted by atomic mass is 35.5. The highest BCUT2D eigenvalue weighted by Crippen LogP contribution is 2.45. The van der Waals surface area contributed by atoms with Gasteiger partial charge in [0.05, 0.1) is 34.1 Å². The molecular weight excluding hydrogens is 805 g/mol. The van der Waals surface area contributed by atoms with Crippen LogP contribution in [0.4, 0.5) is 20.2 Å². The summed E-state index contributed by atoms with van der Waals surface area (Å²) in [6.07, 6.45) is 8.43. The van der Waals surface area contributed by atoms with Crippen molar-refractivity contribution in [2.24, 2.45) is 11.8 Å². The number of amides is 2. The van der Waals surface area contributed by atoms with Gasteiger partial charge in [-0.25, -0.2) is 8.78 Å². The number of rotatable bonds is 8. The molecule has 312 valence electrons. The number of carbonyl (C=O) groups is 2. The molecule has 2 atom stereocenters. The Kier molecular flexibility index (Phi) is 13.2. The molecule has 2 saturated carbocycles. The first-order chi connectivity index (χ1) is 28.7. The van der Waals surface area contributed by atoms with Gasteiger partial charge in [-0.1, -0.05) is 37.0 Å². The molecule has 2 aliphatic rings. The first kappa shape index (κ1) is 43.1. The Bertz CT molecular complexity index is 2300. The van der Waals surface area contributed by atoms with Gasteiger partial charge in [0, 0.05) is 44.6 Å². The smallest absolute Gasteiger partial charge is 0.230 e. The lowest BCUT2D eigenvalue weighted by atomic mass is 9.70. The molecule has 2 aliphatic carbocycles. The van der Waals surface area contributed by atoms with Crippen LogP contribution in [0.3, 0.4) is 0 Å². The standard InChI is InChI=1S/2C24H24ClFN2O2/c2*1-15(23(29)28-19-5-2-17(25)3-6-19)24(30)11-8-16(9-12-24)20-10-13-27-22-7-4-18(26)14-21(20)22/h2*2-7,10,13-16,30H,8-9,11-12H2,1H3,(H,28,29)/t2*15-,16?,24?/m10/s1. The maximum absolute atomic E-state index is 13.8. The molecule has 2 amide bonds. The molecule has 2 heterocycles. The zero-order valence-electron chi connectivity index (χ0n) is 33.5. The van der Waals surface area contributed by atoms with Gasteiger partial charge in [0.2, 0.25) is 11.8 Å². The van der Waals surface area contributed by atoms with Gasteiger partial charge in [-0.15, -0.1) is 0 Å². The predicted octanol–water partition coefficient (Wildman–Crippen LogP) is 11.4. The average Bonchev–Trinajstić information content (AvgIpc) is 3.25. The summed E-state index contributed by atoms with van der Waals surface area (Å²) >= 11 is 11.8. The fourth-order valence-corrected chi connectivity index (χ4v) is 9.02. The Morgan fingerprint density at radius 2 is 0.950 bits per heavy atom. The number of anilines is 2. The summed E-state index contributed by atoms with van der Waals surface area (Å²) in [5.41, 5.74) is 2.82. The van der Waals surface area contributed by atoms with E-state index in [1.807, 2.05) is 12.1 Å². The molecule has 0 saturated heterocycles. The Hall–Kier alpha value is -5.00. The van der Waals surface area contributed by atoms with E-state index in [1.165, 1.54) is 24.3 Å². The summed E-state index contributed by atoms with van der Waals surface area (Å²) in [4.78, 5) is 34.1. The van der Waals surface area contributed by atoms with Crippen LogP contribution in [0.5, 0.6) is 0 Å². The van der Waals surface area contributed by atoms with Gasteiger partial charge in [-0.2, -0.15) is 0 Å². The molecule has 0 spiro atoms. The number of halogens is 4. The zero-order valence-corrected chi connectivity index (χ0v) is 35.0. The Morgan fingerprint density at radius 3 is 1.30 bits per heavy atom. The van der Waals surface area contributed by atoms with Gasteiger partial charge in [-0.05, 0) is 171 Å². The van der Waals surface area contributed by atoms with Crippen LogP contribution in [-0.4, -0.2) is 43.2 Å². The quantitative estimate of drug-likeness (QED) is 0.121. The Balaban J connectivity index is 0.000000181. The van der Waals surface area contributed by atoms with Crippen LogP contribution >= 0.6 is 23.2 Å². The molecule has 4 aromatic carbocycles. The van der Waals surface area contributed by atoms with E-state index < -0.39 is 23.0 Å². The maximum atomic E-state index is 13.8. The van der Waals surface area contributed by atoms with Gasteiger partial charge >= 0.3 is 0 Å². The van der Waals surface area contributed by atoms with Crippen molar-refractivity contribution in [3.8, 4) is 0 Å². The number of benzene rings is 4. The summed E-state index contributed by atoms with van der Waals surface area (Å²) in [7, 11) is 0. The predicted molar refractivity (Wildman–Crippen MR) is 234 cm³/mol. The average molecular weight is 854 g/mol. The van der Waals surface area contributed by atoms with Gasteiger partial charge < -0.3 is 20.8 Å². The third kappa shape index (κ3) is 9.79. The highest BCUT2D eigenvalue weighted by Gasteiger charge is 2.43. The van der Waals surface area contributed by atoms with Crippen LogP contribution in [0, 0.1) is 23.5 Å². The number of nitrogens with zero attached hydrogens (tertiary/aromatic N) is 2. The van der Waals surface area contributed by atoms with Crippen LogP contribution < -0.4 is 10.6 Å². The summed E-state index contributed by atoms with van der Waals surface area (Å²) in [5.74, 6) is -1.70. The molecule has 8 nitrogen and oxygen atoms in total. The number of hydrogen-bond acceptors (Lipinski definition) is 6. The van der Waals surface area contributed by atoms with Gasteiger partial charge in [0.15, 0.2) is 0 Å². The molecule has 0 bridgehead atoms. The second-order valence-electron chi connectivity index (χ2n) is 16.3. The minimum absolute atomic E-state index is 0.198. The van der Waals surface area contributed by atoms with Gasteiger partial charge in [-0.3, -0.25) is 19.6 Å². The number of pyridine rings is 2. The summed E-state index contributed by atoms with van der Waals surface area (Å²) in [5, 5.41) is 31.0. The lowest BCUT2D eigenvalue weighted by molar-refractivity contribution is -0.132. The van der Waals surface area contributed by atoms with Crippen molar-refractivity contribution in [1.29, 1.82) is 0 Å². The minimum atomic E-state index is -1.07. The Morgan fingerprint density at radius 1 is 0.600 bits per heavy atom. The lowest BCUT2D eigenvalue weighted by Crippen LogP contribution is -2.45. The summed E-state index contributed by atoms with van der Waals surface area (Å²) in [6, 6.07) is 26.9. The zero-order chi connectivity index (χ0) is 42.6. The minimum Gasteiger partial charge on any atom is -0.389 e. The van der Waals surface area contributed by atoms with E-state index in [0.29, 0.717) is 47.1 Å². The third-order valence-corrected chi connectivity index (χ3v) is 13.2. The molecule has 0 unspecified atom stereocenters. The number of aliphatic hydroxyl groups is 2. The monoisotopic (exact) mass is 852 g/mol. The number of carbonyl (C=O) groups excluding carboxylic acids is 2. The molecular formula is C48H48Cl2F2N4O4. The van der Waals surface area contributed by atoms with E-state index in [1.54, 1.807) is 86.9 Å². The first-order valence-corrected chi connectivity index (χ1v) is 21.1. The van der Waals surface area contributed by atoms with Crippen LogP contribution in [0.2, 0.25) is 10.0 Å². The van der Waals surface area contributed by atoms with Gasteiger partial charge in [0.25, 0.3) is 0 Å². The van der Waals surface area contributed by atoms with Gasteiger partial charge in [0.1, 0.15) is 11.6 Å². The molecule has 6 aromatic rings. The number of nitrogens with one attached hydrogen (secondary N) is 2. The molecule has 60 heavy (non-hydrogen) atoms. The van der Waals surface area contributed by atoms with Crippen molar-refractivity contribution in [2.75, 3.05) is 10.6 Å². The topological polar surface area (TPSA) is 124 Å². The number of aromatic nitrogens is 2. The van der Waals surface area contributed by atoms with Crippen molar-refractivity contribution in [2.45, 2.75) is 88.3 Å². The fraction of sp³-hybridized carbons (Fsp3) is 0.333. The normalized spacial score (nSPS) is 22.6.